The van der Waals surface area contributed by atoms with Crippen LogP contribution in [-0.2, 0) is 6.42 Å². The molecule has 1 heterocycles. The van der Waals surface area contributed by atoms with Gasteiger partial charge in [-0.3, -0.25) is 9.89 Å². The molecule has 1 atom stereocenters. The number of hydrogen-bond donors (Lipinski definition) is 3. The van der Waals surface area contributed by atoms with E-state index in [1.807, 2.05) is 6.92 Å². The van der Waals surface area contributed by atoms with Crippen molar-refractivity contribution < 1.29 is 14.6 Å². The van der Waals surface area contributed by atoms with Gasteiger partial charge in [0.25, 0.3) is 5.91 Å². The van der Waals surface area contributed by atoms with Gasteiger partial charge in [0.1, 0.15) is 11.4 Å². The molecule has 3 N–H and O–H groups in total. The molecule has 112 valence electrons. The van der Waals surface area contributed by atoms with Gasteiger partial charge < -0.3 is 15.2 Å². The summed E-state index contributed by atoms with van der Waals surface area (Å²) in [5, 5.41) is 19.4. The number of nitrogens with zero attached hydrogens (tertiary/aromatic N) is 1. The van der Waals surface area contributed by atoms with Crippen LogP contribution < -0.4 is 10.1 Å². The summed E-state index contributed by atoms with van der Waals surface area (Å²) in [5.41, 5.74) is 1.94. The minimum Gasteiger partial charge on any atom is -0.497 e. The van der Waals surface area contributed by atoms with E-state index in [4.69, 9.17) is 4.74 Å². The van der Waals surface area contributed by atoms with Crippen LogP contribution in [0.3, 0.4) is 0 Å². The van der Waals surface area contributed by atoms with Crippen molar-refractivity contribution in [1.82, 2.24) is 15.5 Å². The topological polar surface area (TPSA) is 87.2 Å². The first-order chi connectivity index (χ1) is 10.1. The Bertz CT molecular complexity index is 592. The molecule has 1 amide bonds. The second-order valence-electron chi connectivity index (χ2n) is 4.63. The number of hydrogen-bond acceptors (Lipinski definition) is 4. The lowest BCUT2D eigenvalue weighted by Crippen LogP contribution is -2.28. The predicted molar refractivity (Wildman–Crippen MR) is 78.3 cm³/mol. The fourth-order valence-electron chi connectivity index (χ4n) is 1.88. The van der Waals surface area contributed by atoms with E-state index in [9.17, 15) is 9.90 Å². The van der Waals surface area contributed by atoms with Gasteiger partial charge in [-0.1, -0.05) is 19.1 Å². The molecular formula is C15H19N3O3. The zero-order chi connectivity index (χ0) is 15.2. The van der Waals surface area contributed by atoms with Crippen molar-refractivity contribution in [3.63, 3.8) is 0 Å². The highest BCUT2D eigenvalue weighted by molar-refractivity contribution is 5.92. The largest absolute Gasteiger partial charge is 0.497 e. The number of aromatic amines is 1. The fourth-order valence-corrected chi connectivity index (χ4v) is 1.88. The number of carbonyl (C=O) groups is 1. The van der Waals surface area contributed by atoms with E-state index in [2.05, 4.69) is 15.5 Å². The highest BCUT2D eigenvalue weighted by Crippen LogP contribution is 2.17. The maximum atomic E-state index is 11.9. The van der Waals surface area contributed by atoms with Crippen LogP contribution in [0, 0.1) is 0 Å². The number of amides is 1. The van der Waals surface area contributed by atoms with Crippen LogP contribution in [0.25, 0.3) is 0 Å². The SMILES string of the molecule is CCc1cc(C(=O)NC[C@@H](O)c2ccc(OC)cc2)n[nH]1. The van der Waals surface area contributed by atoms with E-state index in [1.165, 1.54) is 0 Å². The average Bonchev–Trinajstić information content (AvgIpc) is 3.01. The second kappa shape index (κ2) is 6.90. The van der Waals surface area contributed by atoms with E-state index in [0.717, 1.165) is 17.9 Å². The van der Waals surface area contributed by atoms with Crippen LogP contribution in [0.1, 0.15) is 34.8 Å². The number of rotatable bonds is 6. The van der Waals surface area contributed by atoms with Crippen LogP contribution in [0.2, 0.25) is 0 Å². The Kier molecular flexibility index (Phi) is 4.94. The minimum atomic E-state index is -0.774. The minimum absolute atomic E-state index is 0.124. The molecule has 0 aliphatic carbocycles. The van der Waals surface area contributed by atoms with Gasteiger partial charge in [0.05, 0.1) is 13.2 Å². The van der Waals surface area contributed by atoms with E-state index >= 15 is 0 Å². The molecule has 0 aliphatic heterocycles. The van der Waals surface area contributed by atoms with Gasteiger partial charge in [-0.15, -0.1) is 0 Å². The van der Waals surface area contributed by atoms with Crippen LogP contribution in [0.15, 0.2) is 30.3 Å². The van der Waals surface area contributed by atoms with Gasteiger partial charge in [0.15, 0.2) is 0 Å². The summed E-state index contributed by atoms with van der Waals surface area (Å²) in [6.07, 6.45) is 0.0128. The number of aliphatic hydroxyl groups is 1. The number of H-pyrrole nitrogens is 1. The molecule has 21 heavy (non-hydrogen) atoms. The second-order valence-corrected chi connectivity index (χ2v) is 4.63. The Hall–Kier alpha value is -2.34. The number of aromatic nitrogens is 2. The molecule has 1 aromatic heterocycles. The lowest BCUT2D eigenvalue weighted by Gasteiger charge is -2.12. The molecular weight excluding hydrogens is 270 g/mol. The van der Waals surface area contributed by atoms with Gasteiger partial charge in [-0.05, 0) is 30.2 Å². The first-order valence-electron chi connectivity index (χ1n) is 6.78. The molecule has 0 bridgehead atoms. The number of benzene rings is 1. The number of aryl methyl sites for hydroxylation is 1. The summed E-state index contributed by atoms with van der Waals surface area (Å²) >= 11 is 0. The summed E-state index contributed by atoms with van der Waals surface area (Å²) in [5.74, 6) is 0.414. The molecule has 0 saturated carbocycles. The van der Waals surface area contributed by atoms with Crippen LogP contribution >= 0.6 is 0 Å². The first kappa shape index (κ1) is 15.1. The highest BCUT2D eigenvalue weighted by Gasteiger charge is 2.13. The van der Waals surface area contributed by atoms with Crippen LogP contribution in [0.4, 0.5) is 0 Å². The Balaban J connectivity index is 1.90. The van der Waals surface area contributed by atoms with E-state index in [0.29, 0.717) is 11.3 Å². The van der Waals surface area contributed by atoms with Crippen LogP contribution in [0.5, 0.6) is 5.75 Å². The Morgan fingerprint density at radius 1 is 1.43 bits per heavy atom. The maximum absolute atomic E-state index is 11.9. The third kappa shape index (κ3) is 3.82. The summed E-state index contributed by atoms with van der Waals surface area (Å²) < 4.78 is 5.05. The van der Waals surface area contributed by atoms with Crippen molar-refractivity contribution in [3.05, 3.63) is 47.3 Å². The lowest BCUT2D eigenvalue weighted by atomic mass is 10.1. The van der Waals surface area contributed by atoms with Crippen LogP contribution in [-0.4, -0.2) is 34.9 Å². The van der Waals surface area contributed by atoms with E-state index < -0.39 is 6.10 Å². The predicted octanol–water partition coefficient (Wildman–Crippen LogP) is 1.44. The molecule has 0 saturated heterocycles. The molecule has 2 aromatic rings. The summed E-state index contributed by atoms with van der Waals surface area (Å²) in [6.45, 7) is 2.10. The molecule has 0 radical (unpaired) electrons. The summed E-state index contributed by atoms with van der Waals surface area (Å²) in [7, 11) is 1.58. The van der Waals surface area contributed by atoms with Crippen molar-refractivity contribution in [1.29, 1.82) is 0 Å². The first-order valence-corrected chi connectivity index (χ1v) is 6.78. The molecule has 0 unspecified atom stereocenters. The standard InChI is InChI=1S/C15H19N3O3/c1-3-11-8-13(18-17-11)15(20)16-9-14(19)10-4-6-12(21-2)7-5-10/h4-8,14,19H,3,9H2,1-2H3,(H,16,20)(H,17,18)/t14-/m1/s1. The molecule has 6 nitrogen and oxygen atoms in total. The van der Waals surface area contributed by atoms with E-state index in [-0.39, 0.29) is 12.5 Å². The quantitative estimate of drug-likeness (QED) is 0.751. The monoisotopic (exact) mass is 289 g/mol. The van der Waals surface area contributed by atoms with Crippen molar-refractivity contribution in [2.75, 3.05) is 13.7 Å². The highest BCUT2D eigenvalue weighted by atomic mass is 16.5. The fraction of sp³-hybridized carbons (Fsp3) is 0.333. The van der Waals surface area contributed by atoms with Crippen molar-refractivity contribution in [2.24, 2.45) is 0 Å². The van der Waals surface area contributed by atoms with Gasteiger partial charge >= 0.3 is 0 Å². The van der Waals surface area contributed by atoms with Crippen molar-refractivity contribution in [3.8, 4) is 5.75 Å². The maximum Gasteiger partial charge on any atom is 0.271 e. The normalized spacial score (nSPS) is 12.0. The van der Waals surface area contributed by atoms with Gasteiger partial charge in [0, 0.05) is 12.2 Å². The molecule has 2 rings (SSSR count). The van der Waals surface area contributed by atoms with Crippen molar-refractivity contribution in [2.45, 2.75) is 19.4 Å². The number of aliphatic hydroxyl groups excluding tert-OH is 1. The lowest BCUT2D eigenvalue weighted by molar-refractivity contribution is 0.0911. The Labute approximate surface area is 123 Å². The summed E-state index contributed by atoms with van der Waals surface area (Å²) in [4.78, 5) is 11.9. The molecule has 1 aromatic carbocycles. The van der Waals surface area contributed by atoms with Crippen molar-refractivity contribution >= 4 is 5.91 Å². The number of methoxy groups -OCH3 is 1. The zero-order valence-electron chi connectivity index (χ0n) is 12.1. The summed E-state index contributed by atoms with van der Waals surface area (Å²) in [6, 6.07) is 8.76. The Morgan fingerprint density at radius 3 is 2.71 bits per heavy atom. The molecule has 0 spiro atoms. The smallest absolute Gasteiger partial charge is 0.271 e. The average molecular weight is 289 g/mol. The number of ether oxygens (including phenoxy) is 1. The number of nitrogens with one attached hydrogen (secondary N) is 2. The number of carbonyl (C=O) groups excluding carboxylic acids is 1. The van der Waals surface area contributed by atoms with Gasteiger partial charge in [0.2, 0.25) is 0 Å². The molecule has 0 aliphatic rings. The third-order valence-electron chi connectivity index (χ3n) is 3.20. The van der Waals surface area contributed by atoms with Gasteiger partial charge in [-0.25, -0.2) is 0 Å². The third-order valence-corrected chi connectivity index (χ3v) is 3.20. The zero-order valence-corrected chi connectivity index (χ0v) is 12.1. The molecule has 0 fully saturated rings. The van der Waals surface area contributed by atoms with Gasteiger partial charge in [-0.2, -0.15) is 5.10 Å². The van der Waals surface area contributed by atoms with E-state index in [1.54, 1.807) is 37.4 Å². The molecule has 6 heteroatoms. The Morgan fingerprint density at radius 2 is 2.14 bits per heavy atom.